The summed E-state index contributed by atoms with van der Waals surface area (Å²) in [5, 5.41) is 5.24. The van der Waals surface area contributed by atoms with E-state index in [0.29, 0.717) is 11.0 Å². The minimum Gasteiger partial charge on any atom is -0.456 e. The number of amides is 2. The molecule has 0 aliphatic rings. The molecule has 0 saturated carbocycles. The maximum atomic E-state index is 13.7. The summed E-state index contributed by atoms with van der Waals surface area (Å²) in [4.78, 5) is 28.3. The van der Waals surface area contributed by atoms with E-state index < -0.39 is 46.9 Å². The zero-order valence-electron chi connectivity index (χ0n) is 20.5. The normalized spacial score (nSPS) is 12.1. The minimum atomic E-state index is -4.53. The third-order valence-corrected chi connectivity index (χ3v) is 5.67. The molecule has 2 amide bonds. The number of pyridine rings is 1. The van der Waals surface area contributed by atoms with E-state index in [-0.39, 0.29) is 29.1 Å². The van der Waals surface area contributed by atoms with Crippen LogP contribution < -0.4 is 10.6 Å². The molecule has 2 N–H and O–H groups in total. The molecule has 0 aliphatic carbocycles. The Bertz CT molecular complexity index is 1540. The van der Waals surface area contributed by atoms with Gasteiger partial charge >= 0.3 is 6.18 Å². The summed E-state index contributed by atoms with van der Waals surface area (Å²) < 4.78 is 85.7. The summed E-state index contributed by atoms with van der Waals surface area (Å²) in [5.74, 6) is -1.68. The lowest BCUT2D eigenvalue weighted by atomic mass is 10.1. The number of aromatic nitrogens is 1. The Morgan fingerprint density at radius 3 is 2.41 bits per heavy atom. The van der Waals surface area contributed by atoms with Crippen molar-refractivity contribution in [2.24, 2.45) is 0 Å². The van der Waals surface area contributed by atoms with Gasteiger partial charge in [0.2, 0.25) is 0 Å². The van der Waals surface area contributed by atoms with Gasteiger partial charge < -0.3 is 15.1 Å². The molecule has 204 valence electrons. The highest BCUT2D eigenvalue weighted by Gasteiger charge is 2.31. The number of nitrogens with zero attached hydrogens (tertiary/aromatic N) is 1. The second-order valence-electron chi connectivity index (χ2n) is 9.13. The number of benzene rings is 2. The molecule has 39 heavy (non-hydrogen) atoms. The highest BCUT2D eigenvalue weighted by atomic mass is 19.4. The van der Waals surface area contributed by atoms with Crippen LogP contribution in [0.4, 0.5) is 32.0 Å². The lowest BCUT2D eigenvalue weighted by Gasteiger charge is -2.15. The number of carbonyl (C=O) groups is 2. The van der Waals surface area contributed by atoms with E-state index in [1.165, 1.54) is 36.4 Å². The molecule has 0 radical (unpaired) electrons. The Kier molecular flexibility index (Phi) is 7.40. The van der Waals surface area contributed by atoms with Gasteiger partial charge in [0.25, 0.3) is 18.2 Å². The highest BCUT2D eigenvalue weighted by Crippen LogP contribution is 2.35. The molecule has 4 aromatic rings. The average Bonchev–Trinajstić information content (AvgIpc) is 3.29. The van der Waals surface area contributed by atoms with Gasteiger partial charge in [-0.15, -0.1) is 0 Å². The predicted octanol–water partition coefficient (Wildman–Crippen LogP) is 7.07. The van der Waals surface area contributed by atoms with Crippen molar-refractivity contribution >= 4 is 28.5 Å². The molecule has 0 fully saturated rings. The lowest BCUT2D eigenvalue weighted by molar-refractivity contribution is -0.137. The van der Waals surface area contributed by atoms with Crippen LogP contribution in [0.5, 0.6) is 0 Å². The lowest BCUT2D eigenvalue weighted by Crippen LogP contribution is -2.38. The number of rotatable bonds is 7. The number of carbonyl (C=O) groups excluding carboxylic acids is 2. The van der Waals surface area contributed by atoms with Crippen molar-refractivity contribution in [1.82, 2.24) is 10.3 Å². The number of furan rings is 1. The van der Waals surface area contributed by atoms with E-state index in [1.54, 1.807) is 0 Å². The van der Waals surface area contributed by atoms with Gasteiger partial charge in [0.05, 0.1) is 11.1 Å². The maximum Gasteiger partial charge on any atom is 0.416 e. The summed E-state index contributed by atoms with van der Waals surface area (Å²) in [6.45, 7) is 1.86. The van der Waals surface area contributed by atoms with Crippen molar-refractivity contribution < 1.29 is 40.3 Å². The van der Waals surface area contributed by atoms with Gasteiger partial charge in [-0.25, -0.2) is 13.2 Å². The average molecular weight is 549 g/mol. The largest absolute Gasteiger partial charge is 0.456 e. The number of hydrogen-bond donors (Lipinski definition) is 2. The van der Waals surface area contributed by atoms with Gasteiger partial charge in [0.1, 0.15) is 17.0 Å². The molecule has 0 atom stereocenters. The molecule has 0 unspecified atom stereocenters. The van der Waals surface area contributed by atoms with Crippen molar-refractivity contribution in [2.45, 2.75) is 38.7 Å². The molecule has 2 aromatic heterocycles. The number of halogens is 6. The first-order valence-corrected chi connectivity index (χ1v) is 11.5. The highest BCUT2D eigenvalue weighted by molar-refractivity contribution is 6.06. The SMILES string of the molecule is CC(C)(F)C(=O)NCc1cnc(C(F)F)c(C(=O)Nc2ccc3oc(-c4cccc(C(F)(F)F)c4)cc3c2)c1. The Balaban J connectivity index is 1.57. The number of hydrogen-bond acceptors (Lipinski definition) is 4. The van der Waals surface area contributed by atoms with Crippen LogP contribution >= 0.6 is 0 Å². The molecule has 4 rings (SSSR count). The maximum absolute atomic E-state index is 13.7. The number of fused-ring (bicyclic) bond motifs is 1. The molecular formula is C27H21F6N3O3. The van der Waals surface area contributed by atoms with Crippen molar-refractivity contribution in [1.29, 1.82) is 0 Å². The topological polar surface area (TPSA) is 84.2 Å². The van der Waals surface area contributed by atoms with Gasteiger partial charge in [0, 0.05) is 29.4 Å². The number of nitrogens with one attached hydrogen (secondary N) is 2. The second-order valence-corrected chi connectivity index (χ2v) is 9.13. The van der Waals surface area contributed by atoms with E-state index >= 15 is 0 Å². The summed E-state index contributed by atoms with van der Waals surface area (Å²) in [5.41, 5.74) is -3.34. The van der Waals surface area contributed by atoms with Crippen molar-refractivity contribution in [3.8, 4) is 11.3 Å². The van der Waals surface area contributed by atoms with Crippen molar-refractivity contribution in [2.75, 3.05) is 5.32 Å². The standard InChI is InChI=1S/C27H21F6N3O3/c1-26(2,30)25(38)35-13-14-8-19(22(23(28)29)34-12-14)24(37)36-18-6-7-20-16(10-18)11-21(39-20)15-4-3-5-17(9-15)27(31,32)33/h3-12,23H,13H2,1-2H3,(H,35,38)(H,36,37). The van der Waals surface area contributed by atoms with Gasteiger partial charge in [-0.1, -0.05) is 12.1 Å². The second kappa shape index (κ2) is 10.4. The van der Waals surface area contributed by atoms with Crippen LogP contribution in [0.3, 0.4) is 0 Å². The molecule has 12 heteroatoms. The summed E-state index contributed by atoms with van der Waals surface area (Å²) in [6, 6.07) is 11.6. The minimum absolute atomic E-state index is 0.162. The summed E-state index contributed by atoms with van der Waals surface area (Å²) in [6.07, 6.45) is -6.56. The smallest absolute Gasteiger partial charge is 0.416 e. The number of alkyl halides is 6. The van der Waals surface area contributed by atoms with Crippen LogP contribution in [-0.4, -0.2) is 22.5 Å². The first-order chi connectivity index (χ1) is 18.2. The van der Waals surface area contributed by atoms with Crippen molar-refractivity contribution in [3.63, 3.8) is 0 Å². The van der Waals surface area contributed by atoms with Crippen LogP contribution in [0.1, 0.15) is 47.5 Å². The van der Waals surface area contributed by atoms with E-state index in [1.807, 2.05) is 0 Å². The molecule has 0 aliphatic heterocycles. The van der Waals surface area contributed by atoms with Gasteiger partial charge in [0.15, 0.2) is 5.67 Å². The van der Waals surface area contributed by atoms with E-state index in [2.05, 4.69) is 15.6 Å². The first-order valence-electron chi connectivity index (χ1n) is 11.5. The fourth-order valence-corrected chi connectivity index (χ4v) is 3.67. The molecule has 0 saturated heterocycles. The van der Waals surface area contributed by atoms with E-state index in [9.17, 15) is 35.9 Å². The molecule has 6 nitrogen and oxygen atoms in total. The quantitative estimate of drug-likeness (QED) is 0.242. The monoisotopic (exact) mass is 549 g/mol. The molecule has 2 heterocycles. The fraction of sp³-hybridized carbons (Fsp3) is 0.222. The summed E-state index contributed by atoms with van der Waals surface area (Å²) >= 11 is 0. The zero-order chi connectivity index (χ0) is 28.5. The van der Waals surface area contributed by atoms with E-state index in [0.717, 1.165) is 38.2 Å². The molecule has 0 bridgehead atoms. The first kappa shape index (κ1) is 27.7. The third kappa shape index (κ3) is 6.39. The Labute approximate surface area is 218 Å². The molecule has 0 spiro atoms. The Morgan fingerprint density at radius 2 is 1.74 bits per heavy atom. The van der Waals surface area contributed by atoms with Crippen LogP contribution in [0, 0.1) is 0 Å². The van der Waals surface area contributed by atoms with E-state index in [4.69, 9.17) is 4.42 Å². The molecular weight excluding hydrogens is 528 g/mol. The third-order valence-electron chi connectivity index (χ3n) is 5.67. The Morgan fingerprint density at radius 1 is 1.00 bits per heavy atom. The van der Waals surface area contributed by atoms with Crippen molar-refractivity contribution in [3.05, 3.63) is 83.2 Å². The zero-order valence-corrected chi connectivity index (χ0v) is 20.5. The van der Waals surface area contributed by atoms with Crippen LogP contribution in [-0.2, 0) is 17.5 Å². The molecule has 2 aromatic carbocycles. The van der Waals surface area contributed by atoms with Gasteiger partial charge in [-0.2, -0.15) is 13.2 Å². The van der Waals surface area contributed by atoms with Crippen LogP contribution in [0.2, 0.25) is 0 Å². The number of anilines is 1. The fourth-order valence-electron chi connectivity index (χ4n) is 3.67. The van der Waals surface area contributed by atoms with Crippen LogP contribution in [0.15, 0.2) is 65.2 Å². The predicted molar refractivity (Wildman–Crippen MR) is 131 cm³/mol. The Hall–Kier alpha value is -4.35. The summed E-state index contributed by atoms with van der Waals surface area (Å²) in [7, 11) is 0. The van der Waals surface area contributed by atoms with Crippen LogP contribution in [0.25, 0.3) is 22.3 Å². The van der Waals surface area contributed by atoms with Gasteiger partial charge in [-0.05, 0) is 61.9 Å². The van der Waals surface area contributed by atoms with Gasteiger partial charge in [-0.3, -0.25) is 14.6 Å².